The van der Waals surface area contributed by atoms with Crippen LogP contribution >= 0.6 is 12.8 Å². The van der Waals surface area contributed by atoms with E-state index < -0.39 is 0 Å². The molecule has 0 amide bonds. The molecule has 0 radical (unpaired) electrons. The quantitative estimate of drug-likeness (QED) is 0.453. The summed E-state index contributed by atoms with van der Waals surface area (Å²) in [6, 6.07) is 5.00. The third-order valence-corrected chi connectivity index (χ3v) is 3.60. The predicted molar refractivity (Wildman–Crippen MR) is 91.4 cm³/mol. The average molecular weight is 308 g/mol. The number of non-ortho nitro benzene ring substituents is 1. The van der Waals surface area contributed by atoms with Crippen LogP contribution in [0.2, 0.25) is 0 Å². The summed E-state index contributed by atoms with van der Waals surface area (Å²) in [5.74, 6) is 0.833. The Hall–Kier alpha value is -1.36. The van der Waals surface area contributed by atoms with Crippen molar-refractivity contribution in [3.05, 3.63) is 39.4 Å². The number of hydrogen-bond donors (Lipinski definition) is 1. The molecule has 0 unspecified atom stereocenters. The smallest absolute Gasteiger partial charge is 0.258 e. The summed E-state index contributed by atoms with van der Waals surface area (Å²) in [6.45, 7) is 10.8. The summed E-state index contributed by atoms with van der Waals surface area (Å²) in [6.07, 6.45) is 1.79. The van der Waals surface area contributed by atoms with Crippen LogP contribution < -0.4 is 0 Å². The van der Waals surface area contributed by atoms with Crippen molar-refractivity contribution >= 4 is 24.2 Å². The van der Waals surface area contributed by atoms with E-state index in [0.717, 1.165) is 35.6 Å². The van der Waals surface area contributed by atoms with Crippen LogP contribution in [0.3, 0.4) is 0 Å². The standard InChI is InChI=1S/C12H14N2O2S.C4H10/c1-12(2)6-5-11(13-17)9-7-8(14(15)16)3-4-10(9)12;1-4(2)3/h3-4,7,17H,5-6H2,1-2H3;4H,1-3H3/b13-11+;. The van der Waals surface area contributed by atoms with E-state index in [1.165, 1.54) is 0 Å². The third kappa shape index (κ3) is 4.56. The van der Waals surface area contributed by atoms with E-state index in [4.69, 9.17) is 0 Å². The van der Waals surface area contributed by atoms with Gasteiger partial charge in [0.15, 0.2) is 0 Å². The van der Waals surface area contributed by atoms with E-state index in [1.807, 2.05) is 6.07 Å². The van der Waals surface area contributed by atoms with E-state index >= 15 is 0 Å². The van der Waals surface area contributed by atoms with Gasteiger partial charge in [0.1, 0.15) is 0 Å². The van der Waals surface area contributed by atoms with Crippen LogP contribution in [0, 0.1) is 16.0 Å². The van der Waals surface area contributed by atoms with Crippen molar-refractivity contribution in [3.63, 3.8) is 0 Å². The molecule has 1 aromatic rings. The molecule has 5 heteroatoms. The second-order valence-corrected chi connectivity index (χ2v) is 6.85. The summed E-state index contributed by atoms with van der Waals surface area (Å²) < 4.78 is 3.94. The number of fused-ring (bicyclic) bond motifs is 1. The fourth-order valence-electron chi connectivity index (χ4n) is 2.28. The van der Waals surface area contributed by atoms with Gasteiger partial charge in [-0.15, -0.1) is 0 Å². The van der Waals surface area contributed by atoms with Gasteiger partial charge in [-0.3, -0.25) is 10.1 Å². The van der Waals surface area contributed by atoms with Gasteiger partial charge in [-0.1, -0.05) is 40.7 Å². The van der Waals surface area contributed by atoms with Crippen LogP contribution in [0.1, 0.15) is 58.6 Å². The van der Waals surface area contributed by atoms with Crippen LogP contribution in [0.5, 0.6) is 0 Å². The van der Waals surface area contributed by atoms with Gasteiger partial charge in [-0.2, -0.15) is 0 Å². The van der Waals surface area contributed by atoms with Gasteiger partial charge in [0.05, 0.1) is 10.6 Å². The molecule has 1 aliphatic carbocycles. The van der Waals surface area contributed by atoms with Crippen LogP contribution in [0.4, 0.5) is 5.69 Å². The van der Waals surface area contributed by atoms with Crippen molar-refractivity contribution in [1.82, 2.24) is 0 Å². The first-order chi connectivity index (χ1) is 9.69. The lowest BCUT2D eigenvalue weighted by Crippen LogP contribution is -2.27. The van der Waals surface area contributed by atoms with Gasteiger partial charge in [-0.05, 0) is 42.6 Å². The first-order valence-electron chi connectivity index (χ1n) is 7.19. The molecule has 0 spiro atoms. The molecule has 1 aliphatic rings. The Balaban J connectivity index is 0.000000491. The van der Waals surface area contributed by atoms with Gasteiger partial charge in [0, 0.05) is 17.7 Å². The van der Waals surface area contributed by atoms with Crippen LogP contribution in [0.25, 0.3) is 0 Å². The van der Waals surface area contributed by atoms with Crippen molar-refractivity contribution in [3.8, 4) is 0 Å². The van der Waals surface area contributed by atoms with Gasteiger partial charge in [-0.25, -0.2) is 4.40 Å². The largest absolute Gasteiger partial charge is 0.270 e. The zero-order valence-corrected chi connectivity index (χ0v) is 14.3. The Labute approximate surface area is 132 Å². The normalized spacial score (nSPS) is 18.0. The van der Waals surface area contributed by atoms with Crippen molar-refractivity contribution < 1.29 is 4.92 Å². The second kappa shape index (κ2) is 7.07. The molecule has 21 heavy (non-hydrogen) atoms. The number of thiol groups is 1. The third-order valence-electron chi connectivity index (χ3n) is 3.36. The van der Waals surface area contributed by atoms with E-state index in [1.54, 1.807) is 12.1 Å². The lowest BCUT2D eigenvalue weighted by Gasteiger charge is -2.32. The number of rotatable bonds is 1. The number of nitrogens with zero attached hydrogens (tertiary/aromatic N) is 2. The molecule has 0 atom stereocenters. The summed E-state index contributed by atoms with van der Waals surface area (Å²) in [7, 11) is 0. The Bertz CT molecular complexity index is 548. The fraction of sp³-hybridized carbons (Fsp3) is 0.562. The van der Waals surface area contributed by atoms with E-state index in [9.17, 15) is 10.1 Å². The number of benzene rings is 1. The molecule has 0 fully saturated rings. The molecule has 2 rings (SSSR count). The highest BCUT2D eigenvalue weighted by atomic mass is 32.1. The summed E-state index contributed by atoms with van der Waals surface area (Å²) in [5.41, 5.74) is 2.96. The van der Waals surface area contributed by atoms with Crippen molar-refractivity contribution in [2.24, 2.45) is 10.3 Å². The van der Waals surface area contributed by atoms with Gasteiger partial charge >= 0.3 is 0 Å². The highest BCUT2D eigenvalue weighted by molar-refractivity contribution is 7.79. The lowest BCUT2D eigenvalue weighted by molar-refractivity contribution is -0.384. The van der Waals surface area contributed by atoms with Gasteiger partial charge in [0.2, 0.25) is 0 Å². The topological polar surface area (TPSA) is 55.5 Å². The summed E-state index contributed by atoms with van der Waals surface area (Å²) in [4.78, 5) is 10.4. The van der Waals surface area contributed by atoms with Gasteiger partial charge in [0.25, 0.3) is 5.69 Å². The molecule has 0 saturated carbocycles. The fourth-order valence-corrected chi connectivity index (χ4v) is 2.49. The van der Waals surface area contributed by atoms with Crippen LogP contribution in [-0.2, 0) is 5.41 Å². The average Bonchev–Trinajstić information content (AvgIpc) is 2.37. The van der Waals surface area contributed by atoms with E-state index in [-0.39, 0.29) is 16.0 Å². The zero-order chi connectivity index (χ0) is 16.2. The number of hydrogen-bond acceptors (Lipinski definition) is 4. The minimum Gasteiger partial charge on any atom is -0.258 e. The summed E-state index contributed by atoms with van der Waals surface area (Å²) in [5, 5.41) is 10.8. The summed E-state index contributed by atoms with van der Waals surface area (Å²) >= 11 is 3.95. The molecular formula is C16H24N2O2S. The highest BCUT2D eigenvalue weighted by Gasteiger charge is 2.31. The molecule has 0 aliphatic heterocycles. The molecule has 1 aromatic carbocycles. The molecule has 0 bridgehead atoms. The number of nitro groups is 1. The maximum Gasteiger partial charge on any atom is 0.270 e. The van der Waals surface area contributed by atoms with Crippen LogP contribution in [-0.4, -0.2) is 10.6 Å². The van der Waals surface area contributed by atoms with E-state index in [2.05, 4.69) is 51.8 Å². The Morgan fingerprint density at radius 3 is 2.38 bits per heavy atom. The molecule has 0 N–H and O–H groups in total. The first kappa shape index (κ1) is 17.7. The molecule has 116 valence electrons. The predicted octanol–water partition coefficient (Wildman–Crippen LogP) is 4.96. The molecule has 0 saturated heterocycles. The van der Waals surface area contributed by atoms with Gasteiger partial charge < -0.3 is 0 Å². The molecule has 0 aromatic heterocycles. The zero-order valence-electron chi connectivity index (χ0n) is 13.4. The molecule has 4 nitrogen and oxygen atoms in total. The Morgan fingerprint density at radius 1 is 1.33 bits per heavy atom. The Morgan fingerprint density at radius 2 is 1.90 bits per heavy atom. The van der Waals surface area contributed by atoms with Crippen LogP contribution in [0.15, 0.2) is 22.6 Å². The van der Waals surface area contributed by atoms with Crippen molar-refractivity contribution in [1.29, 1.82) is 0 Å². The monoisotopic (exact) mass is 308 g/mol. The number of nitro benzene ring substituents is 1. The minimum atomic E-state index is -0.377. The maximum atomic E-state index is 10.8. The first-order valence-corrected chi connectivity index (χ1v) is 7.59. The molecular weight excluding hydrogens is 284 g/mol. The minimum absolute atomic E-state index is 0.0342. The lowest BCUT2D eigenvalue weighted by atomic mass is 9.72. The Kier molecular flexibility index (Phi) is 5.96. The van der Waals surface area contributed by atoms with E-state index in [0.29, 0.717) is 0 Å². The maximum absolute atomic E-state index is 10.8. The molecule has 0 heterocycles. The SMILES string of the molecule is CC(C)C.CC1(C)CC/C(=N\S)c2cc([N+](=O)[O-])ccc21. The second-order valence-electron chi connectivity index (χ2n) is 6.65. The van der Waals surface area contributed by atoms with Crippen molar-refractivity contribution in [2.75, 3.05) is 0 Å². The highest BCUT2D eigenvalue weighted by Crippen LogP contribution is 2.38. The van der Waals surface area contributed by atoms with Crippen molar-refractivity contribution in [2.45, 2.75) is 52.9 Å².